The lowest BCUT2D eigenvalue weighted by atomic mass is 10.1. The highest BCUT2D eigenvalue weighted by molar-refractivity contribution is 5.98. The number of anilines is 3. The summed E-state index contributed by atoms with van der Waals surface area (Å²) < 4.78 is 7.05. The van der Waals surface area contributed by atoms with E-state index in [9.17, 15) is 14.4 Å². The molecule has 1 N–H and O–H groups in total. The van der Waals surface area contributed by atoms with Gasteiger partial charge in [-0.25, -0.2) is 9.78 Å². The number of ether oxygens (including phenoxy) is 1. The van der Waals surface area contributed by atoms with Crippen molar-refractivity contribution >= 4 is 39.8 Å². The zero-order valence-corrected chi connectivity index (χ0v) is 20.8. The fourth-order valence-electron chi connectivity index (χ4n) is 4.61. The van der Waals surface area contributed by atoms with Crippen molar-refractivity contribution in [3.8, 4) is 0 Å². The summed E-state index contributed by atoms with van der Waals surface area (Å²) >= 11 is 0. The van der Waals surface area contributed by atoms with Crippen LogP contribution in [0.15, 0.2) is 77.6 Å². The van der Waals surface area contributed by atoms with Gasteiger partial charge in [0.15, 0.2) is 6.61 Å². The molecule has 0 unspecified atom stereocenters. The van der Waals surface area contributed by atoms with E-state index >= 15 is 0 Å². The molecule has 2 heterocycles. The number of carbonyl (C=O) groups excluding carboxylic acids is 2. The summed E-state index contributed by atoms with van der Waals surface area (Å²) in [5.41, 5.74) is 3.20. The predicted molar refractivity (Wildman–Crippen MR) is 143 cm³/mol. The molecule has 0 fully saturated rings. The van der Waals surface area contributed by atoms with Crippen LogP contribution in [-0.4, -0.2) is 34.1 Å². The number of hydrogen-bond acceptors (Lipinski definition) is 6. The number of fused-ring (bicyclic) bond motifs is 2. The molecule has 188 valence electrons. The Bertz CT molecular complexity index is 1510. The van der Waals surface area contributed by atoms with Crippen LogP contribution in [-0.2, 0) is 22.5 Å². The van der Waals surface area contributed by atoms with Crippen LogP contribution in [0.3, 0.4) is 0 Å². The molecule has 4 aromatic rings. The fraction of sp³-hybridized carbons (Fsp3) is 0.241. The van der Waals surface area contributed by atoms with E-state index in [1.165, 1.54) is 0 Å². The first kappa shape index (κ1) is 24.2. The molecule has 1 aliphatic heterocycles. The third-order valence-electron chi connectivity index (χ3n) is 6.37. The van der Waals surface area contributed by atoms with Crippen molar-refractivity contribution < 1.29 is 14.3 Å². The summed E-state index contributed by atoms with van der Waals surface area (Å²) in [5, 5.41) is 3.78. The molecule has 8 nitrogen and oxygen atoms in total. The second kappa shape index (κ2) is 10.3. The second-order valence-electron chi connectivity index (χ2n) is 9.29. The van der Waals surface area contributed by atoms with E-state index in [-0.39, 0.29) is 23.1 Å². The van der Waals surface area contributed by atoms with E-state index in [0.29, 0.717) is 23.1 Å². The molecule has 0 bridgehead atoms. The third kappa shape index (κ3) is 5.09. The Kier molecular flexibility index (Phi) is 6.72. The standard InChI is InChI=1S/C29H28N4O4/c1-19(2)33(23-13-11-22(12-14-23)30-21-7-4-3-5-8-21)27(34)18-37-29(36)20-10-15-24-25(17-20)31-26-9-6-16-32(26)28(24)35/h3-5,7-8,10-15,17,19,30H,6,9,16,18H2,1-2H3. The molecule has 1 aromatic heterocycles. The van der Waals surface area contributed by atoms with Crippen LogP contribution < -0.4 is 15.8 Å². The number of aryl methyl sites for hydroxylation is 1. The molecule has 1 amide bonds. The molecule has 0 spiro atoms. The number of hydrogen-bond donors (Lipinski definition) is 1. The number of carbonyl (C=O) groups is 2. The first-order valence-corrected chi connectivity index (χ1v) is 12.4. The van der Waals surface area contributed by atoms with Crippen molar-refractivity contribution in [1.82, 2.24) is 9.55 Å². The summed E-state index contributed by atoms with van der Waals surface area (Å²) in [6.45, 7) is 4.07. The normalized spacial score (nSPS) is 12.4. The number of nitrogens with zero attached hydrogens (tertiary/aromatic N) is 3. The third-order valence-corrected chi connectivity index (χ3v) is 6.37. The number of aromatic nitrogens is 2. The predicted octanol–water partition coefficient (Wildman–Crippen LogP) is 4.68. The highest BCUT2D eigenvalue weighted by Crippen LogP contribution is 2.23. The van der Waals surface area contributed by atoms with E-state index in [1.807, 2.05) is 68.4 Å². The molecule has 0 aliphatic carbocycles. The lowest BCUT2D eigenvalue weighted by Crippen LogP contribution is -2.39. The van der Waals surface area contributed by atoms with Gasteiger partial charge in [0.1, 0.15) is 5.82 Å². The minimum atomic E-state index is -0.635. The van der Waals surface area contributed by atoms with Gasteiger partial charge in [-0.1, -0.05) is 18.2 Å². The average Bonchev–Trinajstić information content (AvgIpc) is 3.37. The van der Waals surface area contributed by atoms with E-state index < -0.39 is 12.6 Å². The number of para-hydroxylation sites is 1. The first-order chi connectivity index (χ1) is 17.9. The van der Waals surface area contributed by atoms with Gasteiger partial charge in [0, 0.05) is 36.1 Å². The molecular formula is C29H28N4O4. The van der Waals surface area contributed by atoms with Gasteiger partial charge in [-0.2, -0.15) is 0 Å². The van der Waals surface area contributed by atoms with E-state index in [2.05, 4.69) is 10.3 Å². The molecule has 3 aromatic carbocycles. The van der Waals surface area contributed by atoms with Crippen LogP contribution in [0.25, 0.3) is 10.9 Å². The van der Waals surface area contributed by atoms with Gasteiger partial charge in [-0.3, -0.25) is 14.2 Å². The summed E-state index contributed by atoms with van der Waals surface area (Å²) in [6.07, 6.45) is 1.62. The number of nitrogens with one attached hydrogen (secondary N) is 1. The monoisotopic (exact) mass is 496 g/mol. The second-order valence-corrected chi connectivity index (χ2v) is 9.29. The summed E-state index contributed by atoms with van der Waals surface area (Å²) in [4.78, 5) is 44.6. The van der Waals surface area contributed by atoms with Gasteiger partial charge in [-0.05, 0) is 74.9 Å². The maximum absolute atomic E-state index is 13.1. The van der Waals surface area contributed by atoms with Crippen molar-refractivity contribution in [3.63, 3.8) is 0 Å². The van der Waals surface area contributed by atoms with Crippen LogP contribution >= 0.6 is 0 Å². The summed E-state index contributed by atoms with van der Waals surface area (Å²) in [5.74, 6) is -0.235. The van der Waals surface area contributed by atoms with Crippen molar-refractivity contribution in [2.75, 3.05) is 16.8 Å². The van der Waals surface area contributed by atoms with E-state index in [0.717, 1.165) is 30.0 Å². The Hall–Kier alpha value is -4.46. The highest BCUT2D eigenvalue weighted by atomic mass is 16.5. The van der Waals surface area contributed by atoms with Gasteiger partial charge in [-0.15, -0.1) is 0 Å². The highest BCUT2D eigenvalue weighted by Gasteiger charge is 2.22. The lowest BCUT2D eigenvalue weighted by molar-refractivity contribution is -0.122. The maximum atomic E-state index is 13.1. The van der Waals surface area contributed by atoms with Gasteiger partial charge in [0.05, 0.1) is 16.5 Å². The fourth-order valence-corrected chi connectivity index (χ4v) is 4.61. The Morgan fingerprint density at radius 1 is 1.03 bits per heavy atom. The molecule has 0 saturated carbocycles. The van der Waals surface area contributed by atoms with Crippen LogP contribution in [0.1, 0.15) is 36.5 Å². The van der Waals surface area contributed by atoms with Gasteiger partial charge >= 0.3 is 5.97 Å². The maximum Gasteiger partial charge on any atom is 0.338 e. The Morgan fingerprint density at radius 2 is 1.76 bits per heavy atom. The topological polar surface area (TPSA) is 93.5 Å². The SMILES string of the molecule is CC(C)N(C(=O)COC(=O)c1ccc2c(=O)n3c(nc2c1)CCC3)c1ccc(Nc2ccccc2)cc1. The number of rotatable bonds is 7. The molecule has 8 heteroatoms. The number of esters is 1. The molecule has 5 rings (SSSR count). The minimum Gasteiger partial charge on any atom is -0.452 e. The molecule has 0 radical (unpaired) electrons. The number of amides is 1. The van der Waals surface area contributed by atoms with Crippen molar-refractivity contribution in [2.24, 2.45) is 0 Å². The zero-order chi connectivity index (χ0) is 25.9. The van der Waals surface area contributed by atoms with Crippen LogP contribution in [0.5, 0.6) is 0 Å². The Labute approximate surface area is 214 Å². The van der Waals surface area contributed by atoms with E-state index in [1.54, 1.807) is 27.7 Å². The molecular weight excluding hydrogens is 468 g/mol. The molecule has 1 aliphatic rings. The quantitative estimate of drug-likeness (QED) is 0.373. The molecule has 0 saturated heterocycles. The lowest BCUT2D eigenvalue weighted by Gasteiger charge is -2.27. The van der Waals surface area contributed by atoms with Crippen LogP contribution in [0.4, 0.5) is 17.1 Å². The minimum absolute atomic E-state index is 0.0924. The van der Waals surface area contributed by atoms with Crippen LogP contribution in [0.2, 0.25) is 0 Å². The summed E-state index contributed by atoms with van der Waals surface area (Å²) in [6, 6.07) is 21.9. The largest absolute Gasteiger partial charge is 0.452 e. The van der Waals surface area contributed by atoms with Gasteiger partial charge in [0.25, 0.3) is 11.5 Å². The smallest absolute Gasteiger partial charge is 0.338 e. The van der Waals surface area contributed by atoms with E-state index in [4.69, 9.17) is 4.74 Å². The summed E-state index contributed by atoms with van der Waals surface area (Å²) in [7, 11) is 0. The van der Waals surface area contributed by atoms with Crippen molar-refractivity contribution in [2.45, 2.75) is 39.3 Å². The average molecular weight is 497 g/mol. The van der Waals surface area contributed by atoms with Gasteiger partial charge in [0.2, 0.25) is 0 Å². The van der Waals surface area contributed by atoms with Gasteiger partial charge < -0.3 is 15.0 Å². The molecule has 0 atom stereocenters. The van der Waals surface area contributed by atoms with Crippen molar-refractivity contribution in [1.29, 1.82) is 0 Å². The zero-order valence-electron chi connectivity index (χ0n) is 20.8. The Balaban J connectivity index is 1.26. The van der Waals surface area contributed by atoms with Crippen LogP contribution in [0, 0.1) is 0 Å². The molecule has 37 heavy (non-hydrogen) atoms. The number of benzene rings is 3. The Morgan fingerprint density at radius 3 is 2.49 bits per heavy atom. The first-order valence-electron chi connectivity index (χ1n) is 12.4. The van der Waals surface area contributed by atoms with Crippen molar-refractivity contribution in [3.05, 3.63) is 94.5 Å².